The number of ether oxygens (including phenoxy) is 2. The summed E-state index contributed by atoms with van der Waals surface area (Å²) in [6.45, 7) is 2.71. The summed E-state index contributed by atoms with van der Waals surface area (Å²) in [5.41, 5.74) is 0. The van der Waals surface area contributed by atoms with Crippen LogP contribution in [0.3, 0.4) is 0 Å². The summed E-state index contributed by atoms with van der Waals surface area (Å²) < 4.78 is 12.3. The molecule has 4 heteroatoms. The van der Waals surface area contributed by atoms with E-state index < -0.39 is 0 Å². The van der Waals surface area contributed by atoms with Crippen LogP contribution in [0.5, 0.6) is 17.4 Å². The quantitative estimate of drug-likeness (QED) is 0.819. The van der Waals surface area contributed by atoms with Crippen molar-refractivity contribution in [2.45, 2.75) is 13.3 Å². The van der Waals surface area contributed by atoms with E-state index in [-0.39, 0.29) is 0 Å². The molecule has 0 bridgehead atoms. The lowest BCUT2D eigenvalue weighted by molar-refractivity contribution is 0.298. The second kappa shape index (κ2) is 6.40. The first-order valence-electron chi connectivity index (χ1n) is 5.81. The Hall–Kier alpha value is -1.55. The number of aromatic nitrogens is 1. The van der Waals surface area contributed by atoms with E-state index in [0.29, 0.717) is 18.2 Å². The SMILES string of the molecule is CCCOc1cccnc1Oc1cccc(Br)c1. The number of hydrogen-bond acceptors (Lipinski definition) is 3. The van der Waals surface area contributed by atoms with Gasteiger partial charge in [-0.1, -0.05) is 28.9 Å². The Balaban J connectivity index is 2.17. The van der Waals surface area contributed by atoms with E-state index in [1.807, 2.05) is 36.4 Å². The average molecular weight is 308 g/mol. The van der Waals surface area contributed by atoms with Crippen LogP contribution in [0.15, 0.2) is 47.1 Å². The van der Waals surface area contributed by atoms with Crippen molar-refractivity contribution in [3.8, 4) is 17.4 Å². The monoisotopic (exact) mass is 307 g/mol. The smallest absolute Gasteiger partial charge is 0.262 e. The van der Waals surface area contributed by atoms with E-state index in [9.17, 15) is 0 Å². The lowest BCUT2D eigenvalue weighted by Gasteiger charge is -2.10. The molecule has 1 aromatic carbocycles. The summed E-state index contributed by atoms with van der Waals surface area (Å²) in [5.74, 6) is 1.88. The minimum atomic E-state index is 0.490. The van der Waals surface area contributed by atoms with Gasteiger partial charge >= 0.3 is 0 Å². The lowest BCUT2D eigenvalue weighted by atomic mass is 10.3. The Bertz CT molecular complexity index is 517. The summed E-state index contributed by atoms with van der Waals surface area (Å²) in [6.07, 6.45) is 2.64. The van der Waals surface area contributed by atoms with Gasteiger partial charge < -0.3 is 9.47 Å². The van der Waals surface area contributed by atoms with Gasteiger partial charge in [-0.2, -0.15) is 0 Å². The molecule has 1 heterocycles. The standard InChI is InChI=1S/C14H14BrNO2/c1-2-9-17-13-7-4-8-16-14(13)18-12-6-3-5-11(15)10-12/h3-8,10H,2,9H2,1H3. The maximum absolute atomic E-state index is 5.72. The highest BCUT2D eigenvalue weighted by Gasteiger charge is 2.07. The van der Waals surface area contributed by atoms with Gasteiger partial charge in [-0.25, -0.2) is 4.98 Å². The zero-order chi connectivity index (χ0) is 12.8. The second-order valence-electron chi connectivity index (χ2n) is 3.71. The molecular weight excluding hydrogens is 294 g/mol. The van der Waals surface area contributed by atoms with Gasteiger partial charge in [-0.15, -0.1) is 0 Å². The van der Waals surface area contributed by atoms with E-state index in [0.717, 1.165) is 16.6 Å². The summed E-state index contributed by atoms with van der Waals surface area (Å²) in [7, 11) is 0. The topological polar surface area (TPSA) is 31.4 Å². The molecule has 1 aromatic heterocycles. The highest BCUT2D eigenvalue weighted by Crippen LogP contribution is 2.30. The van der Waals surface area contributed by atoms with Crippen molar-refractivity contribution in [1.82, 2.24) is 4.98 Å². The molecular formula is C14H14BrNO2. The summed E-state index contributed by atoms with van der Waals surface area (Å²) in [6, 6.07) is 11.3. The van der Waals surface area contributed by atoms with Crippen molar-refractivity contribution in [1.29, 1.82) is 0 Å². The molecule has 3 nitrogen and oxygen atoms in total. The molecule has 2 rings (SSSR count). The average Bonchev–Trinajstić information content (AvgIpc) is 2.38. The molecule has 0 fully saturated rings. The fourth-order valence-electron chi connectivity index (χ4n) is 1.42. The number of halogens is 1. The molecule has 0 aliphatic rings. The van der Waals surface area contributed by atoms with Crippen molar-refractivity contribution in [2.75, 3.05) is 6.61 Å². The van der Waals surface area contributed by atoms with Crippen LogP contribution >= 0.6 is 15.9 Å². The lowest BCUT2D eigenvalue weighted by Crippen LogP contribution is -1.98. The van der Waals surface area contributed by atoms with E-state index in [1.165, 1.54) is 0 Å². The largest absolute Gasteiger partial charge is 0.488 e. The number of rotatable bonds is 5. The van der Waals surface area contributed by atoms with Crippen molar-refractivity contribution in [3.63, 3.8) is 0 Å². The normalized spacial score (nSPS) is 10.1. The number of pyridine rings is 1. The third kappa shape index (κ3) is 3.47. The third-order valence-corrected chi connectivity index (χ3v) is 2.70. The molecule has 0 N–H and O–H groups in total. The Morgan fingerprint density at radius 2 is 2.11 bits per heavy atom. The second-order valence-corrected chi connectivity index (χ2v) is 4.63. The van der Waals surface area contributed by atoms with Crippen LogP contribution in [0, 0.1) is 0 Å². The first-order chi connectivity index (χ1) is 8.79. The molecule has 0 aliphatic heterocycles. The minimum absolute atomic E-state index is 0.490. The van der Waals surface area contributed by atoms with Gasteiger partial charge in [0.25, 0.3) is 5.88 Å². The number of benzene rings is 1. The molecule has 0 spiro atoms. The van der Waals surface area contributed by atoms with Gasteiger partial charge in [0.2, 0.25) is 0 Å². The van der Waals surface area contributed by atoms with Crippen LogP contribution < -0.4 is 9.47 Å². The molecule has 0 atom stereocenters. The Morgan fingerprint density at radius 1 is 1.22 bits per heavy atom. The fourth-order valence-corrected chi connectivity index (χ4v) is 1.79. The van der Waals surface area contributed by atoms with Gasteiger partial charge in [0.05, 0.1) is 6.61 Å². The van der Waals surface area contributed by atoms with Crippen molar-refractivity contribution >= 4 is 15.9 Å². The molecule has 18 heavy (non-hydrogen) atoms. The number of hydrogen-bond donors (Lipinski definition) is 0. The van der Waals surface area contributed by atoms with E-state index >= 15 is 0 Å². The van der Waals surface area contributed by atoms with Crippen LogP contribution in [-0.2, 0) is 0 Å². The Labute approximate surface area is 115 Å². The van der Waals surface area contributed by atoms with Crippen LogP contribution in [0.25, 0.3) is 0 Å². The van der Waals surface area contributed by atoms with Gasteiger partial charge in [0.1, 0.15) is 5.75 Å². The fraction of sp³-hybridized carbons (Fsp3) is 0.214. The summed E-state index contributed by atoms with van der Waals surface area (Å²) in [5, 5.41) is 0. The number of nitrogens with zero attached hydrogens (tertiary/aromatic N) is 1. The van der Waals surface area contributed by atoms with Crippen LogP contribution in [0.4, 0.5) is 0 Å². The van der Waals surface area contributed by atoms with Gasteiger partial charge in [0, 0.05) is 10.7 Å². The minimum Gasteiger partial charge on any atom is -0.488 e. The highest BCUT2D eigenvalue weighted by atomic mass is 79.9. The predicted molar refractivity (Wildman–Crippen MR) is 74.2 cm³/mol. The van der Waals surface area contributed by atoms with Crippen LogP contribution in [-0.4, -0.2) is 11.6 Å². The first-order valence-corrected chi connectivity index (χ1v) is 6.60. The Kier molecular flexibility index (Phi) is 4.59. The van der Waals surface area contributed by atoms with Crippen molar-refractivity contribution in [3.05, 3.63) is 47.1 Å². The maximum Gasteiger partial charge on any atom is 0.262 e. The molecule has 0 saturated heterocycles. The molecule has 0 aliphatic carbocycles. The van der Waals surface area contributed by atoms with Crippen molar-refractivity contribution in [2.24, 2.45) is 0 Å². The molecule has 0 amide bonds. The van der Waals surface area contributed by atoms with Gasteiger partial charge in [-0.3, -0.25) is 0 Å². The zero-order valence-electron chi connectivity index (χ0n) is 10.1. The predicted octanol–water partition coefficient (Wildman–Crippen LogP) is 4.43. The molecule has 0 unspecified atom stereocenters. The summed E-state index contributed by atoms with van der Waals surface area (Å²) >= 11 is 3.40. The van der Waals surface area contributed by atoms with Gasteiger partial charge in [-0.05, 0) is 36.8 Å². The van der Waals surface area contributed by atoms with Crippen LogP contribution in [0.2, 0.25) is 0 Å². The Morgan fingerprint density at radius 3 is 2.89 bits per heavy atom. The van der Waals surface area contributed by atoms with Crippen LogP contribution in [0.1, 0.15) is 13.3 Å². The molecule has 94 valence electrons. The van der Waals surface area contributed by atoms with Gasteiger partial charge in [0.15, 0.2) is 5.75 Å². The first kappa shape index (κ1) is 12.9. The molecule has 0 radical (unpaired) electrons. The van der Waals surface area contributed by atoms with Crippen molar-refractivity contribution < 1.29 is 9.47 Å². The maximum atomic E-state index is 5.72. The third-order valence-electron chi connectivity index (χ3n) is 2.21. The summed E-state index contributed by atoms with van der Waals surface area (Å²) in [4.78, 5) is 4.19. The molecule has 2 aromatic rings. The van der Waals surface area contributed by atoms with E-state index in [1.54, 1.807) is 6.20 Å². The highest BCUT2D eigenvalue weighted by molar-refractivity contribution is 9.10. The van der Waals surface area contributed by atoms with E-state index in [4.69, 9.17) is 9.47 Å². The molecule has 0 saturated carbocycles. The van der Waals surface area contributed by atoms with E-state index in [2.05, 4.69) is 27.8 Å². The zero-order valence-corrected chi connectivity index (χ0v) is 11.7.